The molecular formula is C27H35FN2O. The number of carbonyl (C=O) groups excluding carboxylic acids is 1. The number of hydrogen-bond donors (Lipinski definition) is 0. The monoisotopic (exact) mass is 422 g/mol. The van der Waals surface area contributed by atoms with Gasteiger partial charge in [0.25, 0.3) is 5.91 Å². The molecule has 2 aliphatic carbocycles. The van der Waals surface area contributed by atoms with E-state index in [-0.39, 0.29) is 11.9 Å². The minimum Gasteiger partial charge on any atom is -0.328 e. The van der Waals surface area contributed by atoms with Crippen molar-refractivity contribution < 1.29 is 9.18 Å². The van der Waals surface area contributed by atoms with Gasteiger partial charge in [0, 0.05) is 24.0 Å². The van der Waals surface area contributed by atoms with Crippen molar-refractivity contribution in [3.63, 3.8) is 0 Å². The zero-order valence-electron chi connectivity index (χ0n) is 19.2. The van der Waals surface area contributed by atoms with E-state index in [1.54, 1.807) is 0 Å². The first-order valence-electron chi connectivity index (χ1n) is 12.0. The second-order valence-corrected chi connectivity index (χ2v) is 9.38. The Morgan fingerprint density at radius 2 is 2.10 bits per heavy atom. The highest BCUT2D eigenvalue weighted by Gasteiger charge is 2.39. The van der Waals surface area contributed by atoms with Crippen molar-refractivity contribution in [1.29, 1.82) is 0 Å². The van der Waals surface area contributed by atoms with E-state index in [2.05, 4.69) is 43.1 Å². The maximum absolute atomic E-state index is 14.7. The summed E-state index contributed by atoms with van der Waals surface area (Å²) in [6.45, 7) is 6.92. The second-order valence-electron chi connectivity index (χ2n) is 9.38. The number of aliphatic imine (C=N–C) groups is 1. The number of nitrogens with zero attached hydrogens (tertiary/aromatic N) is 2. The maximum Gasteiger partial charge on any atom is 0.254 e. The number of carbonyl (C=O) groups is 1. The van der Waals surface area contributed by atoms with Crippen LogP contribution in [0, 0.1) is 5.92 Å². The molecule has 0 bridgehead atoms. The zero-order chi connectivity index (χ0) is 22.0. The third-order valence-corrected chi connectivity index (χ3v) is 6.95. The van der Waals surface area contributed by atoms with Crippen LogP contribution in [-0.4, -0.2) is 29.2 Å². The van der Waals surface area contributed by atoms with E-state index in [4.69, 9.17) is 0 Å². The summed E-state index contributed by atoms with van der Waals surface area (Å²) in [5.41, 5.74) is 4.17. The third-order valence-electron chi connectivity index (χ3n) is 6.95. The van der Waals surface area contributed by atoms with Crippen molar-refractivity contribution in [3.8, 4) is 0 Å². The van der Waals surface area contributed by atoms with Gasteiger partial charge in [-0.3, -0.25) is 9.79 Å². The van der Waals surface area contributed by atoms with Crippen molar-refractivity contribution in [1.82, 2.24) is 4.90 Å². The van der Waals surface area contributed by atoms with E-state index in [0.29, 0.717) is 18.9 Å². The first kappa shape index (κ1) is 22.0. The number of hydrogen-bond acceptors (Lipinski definition) is 2. The van der Waals surface area contributed by atoms with Crippen LogP contribution in [-0.2, 0) is 13.0 Å². The minimum atomic E-state index is -0.896. The highest BCUT2D eigenvalue weighted by molar-refractivity contribution is 5.99. The van der Waals surface area contributed by atoms with E-state index in [1.807, 2.05) is 18.0 Å². The number of amides is 1. The molecule has 166 valence electrons. The molecule has 0 spiro atoms. The van der Waals surface area contributed by atoms with Crippen LogP contribution in [0.2, 0.25) is 0 Å². The van der Waals surface area contributed by atoms with E-state index in [9.17, 15) is 9.18 Å². The van der Waals surface area contributed by atoms with Gasteiger partial charge in [0.15, 0.2) is 0 Å². The Hall–Kier alpha value is -2.23. The molecule has 3 unspecified atom stereocenters. The van der Waals surface area contributed by atoms with E-state index >= 15 is 0 Å². The summed E-state index contributed by atoms with van der Waals surface area (Å²) in [4.78, 5) is 19.7. The smallest absolute Gasteiger partial charge is 0.254 e. The summed E-state index contributed by atoms with van der Waals surface area (Å²) >= 11 is 0. The van der Waals surface area contributed by atoms with Crippen LogP contribution in [0.5, 0.6) is 0 Å². The van der Waals surface area contributed by atoms with Gasteiger partial charge in [-0.05, 0) is 79.0 Å². The molecule has 3 atom stereocenters. The van der Waals surface area contributed by atoms with E-state index < -0.39 is 6.17 Å². The second kappa shape index (κ2) is 9.50. The van der Waals surface area contributed by atoms with Gasteiger partial charge < -0.3 is 4.90 Å². The number of halogens is 1. The number of aryl methyl sites for hydroxylation is 1. The first-order valence-corrected chi connectivity index (χ1v) is 12.0. The van der Waals surface area contributed by atoms with Crippen LogP contribution in [0.3, 0.4) is 0 Å². The molecule has 0 N–H and O–H groups in total. The van der Waals surface area contributed by atoms with Crippen molar-refractivity contribution in [3.05, 3.63) is 45.0 Å². The molecule has 3 nitrogen and oxygen atoms in total. The van der Waals surface area contributed by atoms with Crippen molar-refractivity contribution in [2.45, 2.75) is 90.9 Å². The van der Waals surface area contributed by atoms with Crippen LogP contribution < -0.4 is 10.4 Å². The normalized spacial score (nSPS) is 25.9. The summed E-state index contributed by atoms with van der Waals surface area (Å²) in [6, 6.07) is 1.83. The Labute approximate surface area is 185 Å². The van der Waals surface area contributed by atoms with Gasteiger partial charge in [0.2, 0.25) is 0 Å². The molecule has 31 heavy (non-hydrogen) atoms. The van der Waals surface area contributed by atoms with Crippen LogP contribution in [0.15, 0.2) is 22.8 Å². The summed E-state index contributed by atoms with van der Waals surface area (Å²) in [7, 11) is 0. The minimum absolute atomic E-state index is 0.0237. The Morgan fingerprint density at radius 3 is 2.87 bits per heavy atom. The highest BCUT2D eigenvalue weighted by atomic mass is 19.1. The molecule has 4 heteroatoms. The molecule has 1 heterocycles. The Kier molecular flexibility index (Phi) is 6.74. The molecule has 3 aliphatic rings. The SMILES string of the molecule is CC/C=C(/C)N=CCCc1cc2c(c3c1=CCC(C)C=3)CN(C1CCCCC1F)C2=O. The van der Waals surface area contributed by atoms with Crippen LogP contribution in [0.1, 0.15) is 87.2 Å². The fourth-order valence-electron chi connectivity index (χ4n) is 5.33. The predicted octanol–water partition coefficient (Wildman–Crippen LogP) is 4.84. The number of alkyl halides is 1. The zero-order valence-corrected chi connectivity index (χ0v) is 19.2. The molecule has 1 fully saturated rings. The number of allylic oxidation sites excluding steroid dienone is 2. The van der Waals surface area contributed by atoms with Crippen molar-refractivity contribution in [2.24, 2.45) is 10.9 Å². The quantitative estimate of drug-likeness (QED) is 0.604. The molecule has 1 aromatic carbocycles. The van der Waals surface area contributed by atoms with Gasteiger partial charge in [-0.1, -0.05) is 44.9 Å². The van der Waals surface area contributed by atoms with Gasteiger partial charge in [-0.2, -0.15) is 0 Å². The number of benzene rings is 1. The van der Waals surface area contributed by atoms with Crippen LogP contribution in [0.4, 0.5) is 4.39 Å². The topological polar surface area (TPSA) is 32.7 Å². The Balaban J connectivity index is 1.65. The molecule has 4 rings (SSSR count). The average molecular weight is 423 g/mol. The Bertz CT molecular complexity index is 1020. The molecule has 0 aromatic heterocycles. The predicted molar refractivity (Wildman–Crippen MR) is 126 cm³/mol. The van der Waals surface area contributed by atoms with Crippen molar-refractivity contribution >= 4 is 24.3 Å². The molecule has 1 aromatic rings. The third kappa shape index (κ3) is 4.53. The summed E-state index contributed by atoms with van der Waals surface area (Å²) in [5, 5.41) is 2.49. The van der Waals surface area contributed by atoms with E-state index in [1.165, 1.54) is 16.0 Å². The van der Waals surface area contributed by atoms with Gasteiger partial charge in [0.05, 0.1) is 6.04 Å². The van der Waals surface area contributed by atoms with Gasteiger partial charge >= 0.3 is 0 Å². The highest BCUT2D eigenvalue weighted by Crippen LogP contribution is 2.32. The molecule has 1 saturated carbocycles. The lowest BCUT2D eigenvalue weighted by molar-refractivity contribution is 0.0483. The summed E-state index contributed by atoms with van der Waals surface area (Å²) in [5.74, 6) is 0.485. The largest absolute Gasteiger partial charge is 0.328 e. The molecule has 0 radical (unpaired) electrons. The standard InChI is InChI=1S/C27H35FN2O/c1-4-8-19(3)29-14-7-9-20-16-23-24(22-15-18(2)12-13-21(20)22)17-30(27(23)31)26-11-6-5-10-25(26)28/h8,13-16,18,25-26H,4-7,9-12,17H2,1-3H3/b19-8-,29-14?. The number of fused-ring (bicyclic) bond motifs is 3. The summed E-state index contributed by atoms with van der Waals surface area (Å²) in [6.07, 6.45) is 14.9. The molecule has 0 saturated heterocycles. The first-order chi connectivity index (χ1) is 15.0. The van der Waals surface area contributed by atoms with Gasteiger partial charge in [0.1, 0.15) is 6.17 Å². The maximum atomic E-state index is 14.7. The summed E-state index contributed by atoms with van der Waals surface area (Å²) < 4.78 is 14.7. The van der Waals surface area contributed by atoms with Gasteiger partial charge in [-0.15, -0.1) is 0 Å². The molecular weight excluding hydrogens is 387 g/mol. The molecule has 1 amide bonds. The van der Waals surface area contributed by atoms with Crippen LogP contribution in [0.25, 0.3) is 12.2 Å². The lowest BCUT2D eigenvalue weighted by Crippen LogP contribution is -2.44. The van der Waals surface area contributed by atoms with Gasteiger partial charge in [-0.25, -0.2) is 4.39 Å². The molecule has 1 aliphatic heterocycles. The van der Waals surface area contributed by atoms with Crippen molar-refractivity contribution in [2.75, 3.05) is 0 Å². The fourth-order valence-corrected chi connectivity index (χ4v) is 5.33. The van der Waals surface area contributed by atoms with E-state index in [0.717, 1.165) is 61.8 Å². The number of rotatable bonds is 6. The fraction of sp³-hybridized carbons (Fsp3) is 0.556. The lowest BCUT2D eigenvalue weighted by atomic mass is 9.90. The Morgan fingerprint density at radius 1 is 1.29 bits per heavy atom. The van der Waals surface area contributed by atoms with Crippen LogP contribution >= 0.6 is 0 Å². The lowest BCUT2D eigenvalue weighted by Gasteiger charge is -2.33. The average Bonchev–Trinajstić information content (AvgIpc) is 3.08.